The molecule has 0 amide bonds. The van der Waals surface area contributed by atoms with Crippen LogP contribution in [0.3, 0.4) is 0 Å². The molecular formula is C19H18F3N7O. The summed E-state index contributed by atoms with van der Waals surface area (Å²) in [5.41, 5.74) is 1.39. The van der Waals surface area contributed by atoms with Crippen molar-refractivity contribution < 1.29 is 17.9 Å². The summed E-state index contributed by atoms with van der Waals surface area (Å²) in [6.45, 7) is 5.58. The van der Waals surface area contributed by atoms with Gasteiger partial charge in [-0.1, -0.05) is 11.8 Å². The Hall–Kier alpha value is -3.76. The van der Waals surface area contributed by atoms with Gasteiger partial charge in [0.25, 0.3) is 6.43 Å². The van der Waals surface area contributed by atoms with Gasteiger partial charge in [-0.15, -0.1) is 5.10 Å². The third kappa shape index (κ3) is 4.80. The van der Waals surface area contributed by atoms with E-state index in [9.17, 15) is 13.2 Å². The van der Waals surface area contributed by atoms with Crippen LogP contribution in [-0.4, -0.2) is 42.7 Å². The molecule has 0 aliphatic heterocycles. The van der Waals surface area contributed by atoms with Crippen LogP contribution < -0.4 is 0 Å². The number of alkyl halides is 2. The van der Waals surface area contributed by atoms with Crippen LogP contribution in [0.1, 0.15) is 23.4 Å². The van der Waals surface area contributed by atoms with E-state index in [1.807, 2.05) is 0 Å². The van der Waals surface area contributed by atoms with E-state index >= 15 is 0 Å². The van der Waals surface area contributed by atoms with Crippen LogP contribution in [0.2, 0.25) is 0 Å². The van der Waals surface area contributed by atoms with Crippen LogP contribution in [0.25, 0.3) is 11.5 Å². The molecule has 11 heteroatoms. The molecule has 0 aromatic carbocycles. The van der Waals surface area contributed by atoms with Gasteiger partial charge in [0.2, 0.25) is 5.90 Å². The van der Waals surface area contributed by atoms with Gasteiger partial charge in [0.1, 0.15) is 12.3 Å². The Bertz CT molecular complexity index is 1080. The van der Waals surface area contributed by atoms with Crippen LogP contribution >= 0.6 is 0 Å². The molecule has 0 saturated carbocycles. The molecule has 0 N–H and O–H groups in total. The average molecular weight is 417 g/mol. The minimum absolute atomic E-state index is 0.0526. The molecule has 0 bridgehead atoms. The van der Waals surface area contributed by atoms with Gasteiger partial charge in [-0.05, 0) is 25.1 Å². The maximum atomic E-state index is 13.1. The molecule has 8 nitrogen and oxygen atoms in total. The van der Waals surface area contributed by atoms with E-state index in [0.717, 1.165) is 12.4 Å². The lowest BCUT2D eigenvalue weighted by Gasteiger charge is -2.09. The Morgan fingerprint density at radius 3 is 2.70 bits per heavy atom. The Labute approximate surface area is 170 Å². The highest BCUT2D eigenvalue weighted by Gasteiger charge is 2.15. The first-order valence-electron chi connectivity index (χ1n) is 8.71. The largest absolute Gasteiger partial charge is 0.471 e. The van der Waals surface area contributed by atoms with Gasteiger partial charge in [0.05, 0.1) is 23.8 Å². The molecule has 0 spiro atoms. The molecule has 0 aliphatic rings. The maximum absolute atomic E-state index is 13.1. The van der Waals surface area contributed by atoms with E-state index in [4.69, 9.17) is 4.74 Å². The zero-order valence-corrected chi connectivity index (χ0v) is 16.2. The normalized spacial score (nSPS) is 12.1. The lowest BCUT2D eigenvalue weighted by molar-refractivity contribution is 0.151. The SMILES string of the molecule is C=C(/C=C\C(=NC)OCc1c(C)nnn1-c1ccc(C(F)F)cn1)n1cc(F)cn1. The lowest BCUT2D eigenvalue weighted by Crippen LogP contribution is -2.10. The molecule has 30 heavy (non-hydrogen) atoms. The van der Waals surface area contributed by atoms with E-state index in [2.05, 4.69) is 32.0 Å². The second-order valence-corrected chi connectivity index (χ2v) is 6.06. The van der Waals surface area contributed by atoms with Crippen molar-refractivity contribution in [2.24, 2.45) is 4.99 Å². The van der Waals surface area contributed by atoms with Gasteiger partial charge in [-0.25, -0.2) is 22.8 Å². The summed E-state index contributed by atoms with van der Waals surface area (Å²) in [5, 5.41) is 11.8. The first kappa shape index (κ1) is 21.0. The highest BCUT2D eigenvalue weighted by molar-refractivity contribution is 5.89. The van der Waals surface area contributed by atoms with E-state index in [1.54, 1.807) is 26.1 Å². The van der Waals surface area contributed by atoms with Crippen molar-refractivity contribution in [1.29, 1.82) is 0 Å². The van der Waals surface area contributed by atoms with Crippen LogP contribution in [-0.2, 0) is 11.3 Å². The van der Waals surface area contributed by atoms with Crippen molar-refractivity contribution in [3.05, 3.63) is 72.2 Å². The number of ether oxygens (including phenoxy) is 1. The van der Waals surface area contributed by atoms with Gasteiger partial charge < -0.3 is 4.74 Å². The summed E-state index contributed by atoms with van der Waals surface area (Å²) < 4.78 is 46.9. The van der Waals surface area contributed by atoms with Gasteiger partial charge in [0.15, 0.2) is 11.6 Å². The topological polar surface area (TPSA) is 83.0 Å². The zero-order chi connectivity index (χ0) is 21.7. The van der Waals surface area contributed by atoms with Crippen molar-refractivity contribution in [3.8, 4) is 5.82 Å². The van der Waals surface area contributed by atoms with Gasteiger partial charge in [-0.2, -0.15) is 9.78 Å². The van der Waals surface area contributed by atoms with Crippen LogP contribution in [0.15, 0.2) is 54.4 Å². The first-order valence-corrected chi connectivity index (χ1v) is 8.71. The molecule has 0 aliphatic carbocycles. The van der Waals surface area contributed by atoms with Crippen molar-refractivity contribution in [2.75, 3.05) is 7.05 Å². The second-order valence-electron chi connectivity index (χ2n) is 6.06. The molecule has 3 aromatic heterocycles. The summed E-state index contributed by atoms with van der Waals surface area (Å²) in [6.07, 6.45) is 3.88. The number of aliphatic imine (C=N–C) groups is 1. The number of hydrogen-bond acceptors (Lipinski definition) is 6. The highest BCUT2D eigenvalue weighted by atomic mass is 19.3. The van der Waals surface area contributed by atoms with E-state index in [0.29, 0.717) is 22.9 Å². The number of rotatable bonds is 7. The molecule has 0 atom stereocenters. The summed E-state index contributed by atoms with van der Waals surface area (Å²) in [4.78, 5) is 8.05. The molecule has 3 aromatic rings. The Balaban J connectivity index is 1.71. The van der Waals surface area contributed by atoms with Crippen LogP contribution in [0.4, 0.5) is 13.2 Å². The molecular weight excluding hydrogens is 399 g/mol. The molecule has 156 valence electrons. The van der Waals surface area contributed by atoms with Crippen molar-refractivity contribution in [3.63, 3.8) is 0 Å². The van der Waals surface area contributed by atoms with E-state index < -0.39 is 12.2 Å². The predicted molar refractivity (Wildman–Crippen MR) is 104 cm³/mol. The van der Waals surface area contributed by atoms with Crippen molar-refractivity contribution in [1.82, 2.24) is 29.8 Å². The fourth-order valence-electron chi connectivity index (χ4n) is 2.41. The number of aryl methyl sites for hydroxylation is 1. The number of pyridine rings is 1. The third-order valence-electron chi connectivity index (χ3n) is 4.04. The molecule has 0 saturated heterocycles. The molecule has 3 heterocycles. The second kappa shape index (κ2) is 9.16. The standard InChI is InChI=1S/C19H18F3N7O/c1-12(28-10-15(20)9-25-28)4-7-18(23-3)30-11-16-13(2)26-27-29(16)17-6-5-14(8-24-17)19(21)22/h4-10,19H,1,11H2,2-3H3/b7-4-,23-18?. The van der Waals surface area contributed by atoms with Crippen LogP contribution in [0.5, 0.6) is 0 Å². The van der Waals surface area contributed by atoms with E-state index in [1.165, 1.54) is 27.7 Å². The smallest absolute Gasteiger partial charge is 0.265 e. The summed E-state index contributed by atoms with van der Waals surface area (Å²) in [7, 11) is 1.54. The van der Waals surface area contributed by atoms with Gasteiger partial charge >= 0.3 is 0 Å². The number of nitrogens with zero attached hydrogens (tertiary/aromatic N) is 7. The lowest BCUT2D eigenvalue weighted by atomic mass is 10.3. The summed E-state index contributed by atoms with van der Waals surface area (Å²) in [6, 6.07) is 2.71. The van der Waals surface area contributed by atoms with Crippen molar-refractivity contribution in [2.45, 2.75) is 20.0 Å². The molecule has 3 rings (SSSR count). The van der Waals surface area contributed by atoms with Crippen molar-refractivity contribution >= 4 is 11.6 Å². The summed E-state index contributed by atoms with van der Waals surface area (Å²) in [5.74, 6) is 0.131. The predicted octanol–water partition coefficient (Wildman–Crippen LogP) is 3.52. The molecule has 0 fully saturated rings. The fourth-order valence-corrected chi connectivity index (χ4v) is 2.41. The number of halogens is 3. The fraction of sp³-hybridized carbons (Fsp3) is 0.211. The Morgan fingerprint density at radius 2 is 2.10 bits per heavy atom. The number of hydrogen-bond donors (Lipinski definition) is 0. The van der Waals surface area contributed by atoms with Gasteiger partial charge in [0, 0.05) is 24.9 Å². The number of aromatic nitrogens is 6. The summed E-state index contributed by atoms with van der Waals surface area (Å²) >= 11 is 0. The minimum atomic E-state index is -2.60. The Morgan fingerprint density at radius 1 is 1.30 bits per heavy atom. The Kier molecular flexibility index (Phi) is 6.40. The quantitative estimate of drug-likeness (QED) is 0.334. The highest BCUT2D eigenvalue weighted by Crippen LogP contribution is 2.19. The van der Waals surface area contributed by atoms with Gasteiger partial charge in [-0.3, -0.25) is 4.99 Å². The van der Waals surface area contributed by atoms with Crippen LogP contribution in [0, 0.1) is 12.7 Å². The first-order chi connectivity index (χ1) is 14.4. The third-order valence-corrected chi connectivity index (χ3v) is 4.04. The maximum Gasteiger partial charge on any atom is 0.265 e. The zero-order valence-electron chi connectivity index (χ0n) is 16.2. The molecule has 0 unspecified atom stereocenters. The average Bonchev–Trinajstić information content (AvgIpc) is 3.33. The monoisotopic (exact) mass is 417 g/mol. The number of allylic oxidation sites excluding steroid dienone is 2. The molecule has 0 radical (unpaired) electrons. The minimum Gasteiger partial charge on any atom is -0.471 e. The van der Waals surface area contributed by atoms with E-state index in [-0.39, 0.29) is 18.1 Å².